The maximum Gasteiger partial charge on any atom is 0.257 e. The third-order valence-electron chi connectivity index (χ3n) is 5.15. The molecule has 5 heteroatoms. The van der Waals surface area contributed by atoms with Gasteiger partial charge in [-0.1, -0.05) is 32.0 Å². The van der Waals surface area contributed by atoms with E-state index in [0.717, 1.165) is 48.3 Å². The van der Waals surface area contributed by atoms with E-state index in [1.54, 1.807) is 24.8 Å². The number of likely N-dealkylation sites (N-methyl/N-ethyl adjacent to an activating group) is 1. The van der Waals surface area contributed by atoms with E-state index in [2.05, 4.69) is 46.2 Å². The number of pyridine rings is 2. The standard InChI is InChI=1S/C24H28N4O/c1-4-19-7-6-8-20(5-2)23(19)27-24(29)21-15-22(17-26-16-21)28(3)14-11-18-9-12-25-13-10-18/h6-10,12-13,15-17H,4-5,11,14H2,1-3H3,(H,27,29). The van der Waals surface area contributed by atoms with Crippen LogP contribution in [-0.4, -0.2) is 29.5 Å². The molecular formula is C24H28N4O. The van der Waals surface area contributed by atoms with Crippen LogP contribution in [0, 0.1) is 0 Å². The fourth-order valence-corrected chi connectivity index (χ4v) is 3.32. The van der Waals surface area contributed by atoms with Crippen LogP contribution in [0.25, 0.3) is 0 Å². The molecule has 150 valence electrons. The lowest BCUT2D eigenvalue weighted by Gasteiger charge is -2.20. The van der Waals surface area contributed by atoms with Gasteiger partial charge in [-0.3, -0.25) is 14.8 Å². The Bertz CT molecular complexity index is 934. The summed E-state index contributed by atoms with van der Waals surface area (Å²) in [6, 6.07) is 12.1. The summed E-state index contributed by atoms with van der Waals surface area (Å²) in [5, 5.41) is 3.12. The first-order valence-electron chi connectivity index (χ1n) is 10.1. The van der Waals surface area contributed by atoms with Gasteiger partial charge in [-0.25, -0.2) is 0 Å². The highest BCUT2D eigenvalue weighted by Crippen LogP contribution is 2.24. The van der Waals surface area contributed by atoms with Crippen molar-refractivity contribution in [2.45, 2.75) is 33.1 Å². The molecule has 1 aromatic carbocycles. The molecule has 0 aliphatic heterocycles. The monoisotopic (exact) mass is 388 g/mol. The summed E-state index contributed by atoms with van der Waals surface area (Å²) >= 11 is 0. The van der Waals surface area contributed by atoms with Gasteiger partial charge in [0.2, 0.25) is 0 Å². The second-order valence-corrected chi connectivity index (χ2v) is 7.07. The number of benzene rings is 1. The number of aryl methyl sites for hydroxylation is 2. The van der Waals surface area contributed by atoms with Gasteiger partial charge in [0, 0.05) is 37.9 Å². The summed E-state index contributed by atoms with van der Waals surface area (Å²) < 4.78 is 0. The third-order valence-corrected chi connectivity index (χ3v) is 5.15. The number of aromatic nitrogens is 2. The van der Waals surface area contributed by atoms with Crippen LogP contribution in [-0.2, 0) is 19.3 Å². The molecule has 0 saturated heterocycles. The molecule has 5 nitrogen and oxygen atoms in total. The molecule has 0 fully saturated rings. The molecule has 0 unspecified atom stereocenters. The highest BCUT2D eigenvalue weighted by atomic mass is 16.1. The highest BCUT2D eigenvalue weighted by molar-refractivity contribution is 6.05. The van der Waals surface area contributed by atoms with Crippen LogP contribution in [0.2, 0.25) is 0 Å². The number of para-hydroxylation sites is 1. The molecular weight excluding hydrogens is 360 g/mol. The molecule has 2 aromatic heterocycles. The van der Waals surface area contributed by atoms with Crippen LogP contribution in [0.15, 0.2) is 61.2 Å². The van der Waals surface area contributed by atoms with Crippen LogP contribution in [0.4, 0.5) is 11.4 Å². The van der Waals surface area contributed by atoms with Crippen LogP contribution in [0.1, 0.15) is 40.9 Å². The minimum atomic E-state index is -0.127. The summed E-state index contributed by atoms with van der Waals surface area (Å²) in [4.78, 5) is 23.4. The fraction of sp³-hybridized carbons (Fsp3) is 0.292. The van der Waals surface area contributed by atoms with Gasteiger partial charge in [0.15, 0.2) is 0 Å². The zero-order chi connectivity index (χ0) is 20.6. The first kappa shape index (κ1) is 20.5. The van der Waals surface area contributed by atoms with Gasteiger partial charge in [-0.15, -0.1) is 0 Å². The minimum absolute atomic E-state index is 0.127. The second kappa shape index (κ2) is 9.82. The molecule has 3 aromatic rings. The highest BCUT2D eigenvalue weighted by Gasteiger charge is 2.13. The van der Waals surface area contributed by atoms with Crippen LogP contribution >= 0.6 is 0 Å². The van der Waals surface area contributed by atoms with Crippen LogP contribution < -0.4 is 10.2 Å². The molecule has 3 rings (SSSR count). The average Bonchev–Trinajstić information content (AvgIpc) is 2.78. The summed E-state index contributed by atoms with van der Waals surface area (Å²) in [5.74, 6) is -0.127. The molecule has 0 bridgehead atoms. The van der Waals surface area contributed by atoms with Gasteiger partial charge in [-0.05, 0) is 54.2 Å². The zero-order valence-corrected chi connectivity index (χ0v) is 17.4. The third kappa shape index (κ3) is 5.19. The van der Waals surface area contributed by atoms with Crippen molar-refractivity contribution in [3.8, 4) is 0 Å². The SMILES string of the molecule is CCc1cccc(CC)c1NC(=O)c1cncc(N(C)CCc2ccncc2)c1. The first-order valence-corrected chi connectivity index (χ1v) is 10.1. The Labute approximate surface area is 172 Å². The number of hydrogen-bond donors (Lipinski definition) is 1. The topological polar surface area (TPSA) is 58.1 Å². The predicted octanol–water partition coefficient (Wildman–Crippen LogP) is 4.53. The molecule has 0 radical (unpaired) electrons. The maximum atomic E-state index is 12.9. The van der Waals surface area contributed by atoms with E-state index >= 15 is 0 Å². The number of rotatable bonds is 8. The van der Waals surface area contributed by atoms with E-state index in [-0.39, 0.29) is 5.91 Å². The van der Waals surface area contributed by atoms with Gasteiger partial charge in [0.25, 0.3) is 5.91 Å². The number of hydrogen-bond acceptors (Lipinski definition) is 4. The Hall–Kier alpha value is -3.21. The molecule has 1 amide bonds. The van der Waals surface area contributed by atoms with E-state index in [0.29, 0.717) is 5.56 Å². The smallest absolute Gasteiger partial charge is 0.257 e. The lowest BCUT2D eigenvalue weighted by molar-refractivity contribution is 0.102. The molecule has 2 heterocycles. The second-order valence-electron chi connectivity index (χ2n) is 7.07. The van der Waals surface area contributed by atoms with Crippen molar-refractivity contribution in [1.29, 1.82) is 0 Å². The summed E-state index contributed by atoms with van der Waals surface area (Å²) in [5.41, 5.74) is 5.95. The Morgan fingerprint density at radius 2 is 1.69 bits per heavy atom. The molecule has 0 aliphatic carbocycles. The van der Waals surface area contributed by atoms with Crippen LogP contribution in [0.5, 0.6) is 0 Å². The van der Waals surface area contributed by atoms with Gasteiger partial charge in [-0.2, -0.15) is 0 Å². The Morgan fingerprint density at radius 1 is 1.00 bits per heavy atom. The molecule has 0 spiro atoms. The Morgan fingerprint density at radius 3 is 2.34 bits per heavy atom. The van der Waals surface area contributed by atoms with Crippen molar-refractivity contribution in [3.63, 3.8) is 0 Å². The van der Waals surface area contributed by atoms with E-state index in [9.17, 15) is 4.79 Å². The lowest BCUT2D eigenvalue weighted by atomic mass is 10.0. The van der Waals surface area contributed by atoms with Crippen LogP contribution in [0.3, 0.4) is 0 Å². The summed E-state index contributed by atoms with van der Waals surface area (Å²) in [6.45, 7) is 5.03. The fourth-order valence-electron chi connectivity index (χ4n) is 3.32. The zero-order valence-electron chi connectivity index (χ0n) is 17.4. The van der Waals surface area contributed by atoms with E-state index in [1.807, 2.05) is 31.3 Å². The number of nitrogens with one attached hydrogen (secondary N) is 1. The molecule has 0 saturated carbocycles. The molecule has 0 aliphatic rings. The quantitative estimate of drug-likeness (QED) is 0.616. The van der Waals surface area contributed by atoms with Crippen molar-refractivity contribution in [2.24, 2.45) is 0 Å². The summed E-state index contributed by atoms with van der Waals surface area (Å²) in [6.07, 6.45) is 9.68. The summed E-state index contributed by atoms with van der Waals surface area (Å²) in [7, 11) is 2.02. The number of carbonyl (C=O) groups excluding carboxylic acids is 1. The van der Waals surface area contributed by atoms with Gasteiger partial charge in [0.05, 0.1) is 17.4 Å². The number of carbonyl (C=O) groups is 1. The molecule has 0 atom stereocenters. The van der Waals surface area contributed by atoms with Crippen molar-refractivity contribution in [3.05, 3.63) is 83.4 Å². The maximum absolute atomic E-state index is 12.9. The Kier molecular flexibility index (Phi) is 6.95. The Balaban J connectivity index is 1.73. The van der Waals surface area contributed by atoms with Crippen molar-refractivity contribution in [2.75, 3.05) is 23.8 Å². The van der Waals surface area contributed by atoms with Crippen molar-refractivity contribution < 1.29 is 4.79 Å². The van der Waals surface area contributed by atoms with E-state index in [1.165, 1.54) is 5.56 Å². The molecule has 29 heavy (non-hydrogen) atoms. The van der Waals surface area contributed by atoms with Gasteiger partial charge >= 0.3 is 0 Å². The van der Waals surface area contributed by atoms with Crippen molar-refractivity contribution in [1.82, 2.24) is 9.97 Å². The minimum Gasteiger partial charge on any atom is -0.373 e. The van der Waals surface area contributed by atoms with E-state index in [4.69, 9.17) is 0 Å². The van der Waals surface area contributed by atoms with Gasteiger partial charge < -0.3 is 10.2 Å². The van der Waals surface area contributed by atoms with Gasteiger partial charge in [0.1, 0.15) is 0 Å². The average molecular weight is 389 g/mol. The van der Waals surface area contributed by atoms with E-state index < -0.39 is 0 Å². The number of nitrogens with zero attached hydrogens (tertiary/aromatic N) is 3. The largest absolute Gasteiger partial charge is 0.373 e. The lowest BCUT2D eigenvalue weighted by Crippen LogP contribution is -2.21. The molecule has 1 N–H and O–H groups in total. The van der Waals surface area contributed by atoms with Crippen molar-refractivity contribution >= 4 is 17.3 Å². The number of anilines is 2. The normalized spacial score (nSPS) is 10.6. The first-order chi connectivity index (χ1) is 14.1. The predicted molar refractivity (Wildman–Crippen MR) is 119 cm³/mol. The number of amides is 1.